The summed E-state index contributed by atoms with van der Waals surface area (Å²) in [7, 11) is 0. The minimum absolute atomic E-state index is 0.269. The summed E-state index contributed by atoms with van der Waals surface area (Å²) in [4.78, 5) is 35.5. The topological polar surface area (TPSA) is 70.1 Å². The van der Waals surface area contributed by atoms with Crippen LogP contribution in [0.2, 0.25) is 0 Å². The van der Waals surface area contributed by atoms with Crippen LogP contribution in [0.4, 0.5) is 11.4 Å². The number of nitrogens with zero attached hydrogens (tertiary/aromatic N) is 2. The molecule has 2 saturated heterocycles. The summed E-state index contributed by atoms with van der Waals surface area (Å²) >= 11 is 0. The van der Waals surface area contributed by atoms with Gasteiger partial charge < -0.3 is 5.11 Å². The lowest BCUT2D eigenvalue weighted by Gasteiger charge is -2.33. The second-order valence-electron chi connectivity index (χ2n) is 12.4. The molecule has 2 heterocycles. The number of aromatic hydroxyl groups is 1. The third kappa shape index (κ3) is 4.17. The smallest absolute Gasteiger partial charge is 0.266 e. The molecule has 38 heavy (non-hydrogen) atoms. The highest BCUT2D eigenvalue weighted by atomic mass is 16.7. The summed E-state index contributed by atoms with van der Waals surface area (Å²) in [5.74, 6) is -1.11. The lowest BCUT2D eigenvalue weighted by atomic mass is 9.76. The van der Waals surface area contributed by atoms with E-state index >= 15 is 0 Å². The lowest BCUT2D eigenvalue weighted by Crippen LogP contribution is -2.38. The van der Waals surface area contributed by atoms with E-state index in [1.165, 1.54) is 4.90 Å². The van der Waals surface area contributed by atoms with Gasteiger partial charge in [0.15, 0.2) is 6.10 Å². The lowest BCUT2D eigenvalue weighted by molar-refractivity contribution is -0.126. The second kappa shape index (κ2) is 8.98. The largest absolute Gasteiger partial charge is 0.507 e. The third-order valence-electron chi connectivity index (χ3n) is 7.57. The number of hydroxylamine groups is 1. The molecule has 0 aromatic heterocycles. The molecule has 2 aliphatic rings. The standard InChI is InChI=1S/C32H36N2O4/c1-19-13-11-12-16-24(19)33-29(36)25-26(34(38-28(25)30(33)37)21-14-9-8-10-15-21)20-17-22(31(2,3)4)27(35)23(18-20)32(5,6)7/h8-18,25-26,28,35H,1-7H3/t25-,26+,28-/m0/s1. The van der Waals surface area contributed by atoms with Crippen molar-refractivity contribution < 1.29 is 19.5 Å². The van der Waals surface area contributed by atoms with Crippen molar-refractivity contribution in [2.45, 2.75) is 71.4 Å². The Kier molecular flexibility index (Phi) is 6.14. The van der Waals surface area contributed by atoms with Crippen molar-refractivity contribution in [3.05, 3.63) is 89.0 Å². The van der Waals surface area contributed by atoms with Crippen LogP contribution >= 0.6 is 0 Å². The molecule has 0 spiro atoms. The third-order valence-corrected chi connectivity index (χ3v) is 7.57. The fourth-order valence-corrected chi connectivity index (χ4v) is 5.57. The molecule has 0 bridgehead atoms. The molecular weight excluding hydrogens is 476 g/mol. The zero-order valence-electron chi connectivity index (χ0n) is 23.1. The first kappa shape index (κ1) is 26.0. The predicted molar refractivity (Wildman–Crippen MR) is 149 cm³/mol. The van der Waals surface area contributed by atoms with E-state index in [-0.39, 0.29) is 28.4 Å². The van der Waals surface area contributed by atoms with Crippen LogP contribution in [0.1, 0.15) is 69.8 Å². The Morgan fingerprint density at radius 2 is 1.34 bits per heavy atom. The number of aryl methyl sites for hydroxylation is 1. The number of phenols is 1. The zero-order valence-corrected chi connectivity index (χ0v) is 23.1. The molecule has 1 N–H and O–H groups in total. The predicted octanol–water partition coefficient (Wildman–Crippen LogP) is 6.35. The van der Waals surface area contributed by atoms with E-state index in [0.29, 0.717) is 5.69 Å². The quantitative estimate of drug-likeness (QED) is 0.414. The van der Waals surface area contributed by atoms with E-state index in [2.05, 4.69) is 41.5 Å². The Hall–Kier alpha value is -3.64. The number of hydrogen-bond donors (Lipinski definition) is 1. The molecule has 6 nitrogen and oxygen atoms in total. The summed E-state index contributed by atoms with van der Waals surface area (Å²) in [6.45, 7) is 14.3. The number of benzene rings is 3. The summed E-state index contributed by atoms with van der Waals surface area (Å²) < 4.78 is 0. The number of para-hydroxylation sites is 2. The van der Waals surface area contributed by atoms with Gasteiger partial charge in [-0.05, 0) is 70.3 Å². The maximum atomic E-state index is 14.1. The summed E-state index contributed by atoms with van der Waals surface area (Å²) in [5, 5.41) is 13.1. The fourth-order valence-electron chi connectivity index (χ4n) is 5.57. The van der Waals surface area contributed by atoms with Crippen molar-refractivity contribution in [3.63, 3.8) is 0 Å². The molecule has 3 aromatic rings. The van der Waals surface area contributed by atoms with Crippen LogP contribution in [0.25, 0.3) is 0 Å². The first-order chi connectivity index (χ1) is 17.8. The fraction of sp³-hybridized carbons (Fsp3) is 0.375. The molecule has 2 amide bonds. The normalized spacial score (nSPS) is 21.8. The highest BCUT2D eigenvalue weighted by Crippen LogP contribution is 2.50. The number of carbonyl (C=O) groups is 2. The van der Waals surface area contributed by atoms with E-state index in [9.17, 15) is 14.7 Å². The number of anilines is 2. The van der Waals surface area contributed by atoms with Gasteiger partial charge in [-0.1, -0.05) is 77.9 Å². The van der Waals surface area contributed by atoms with Crippen LogP contribution in [0.3, 0.4) is 0 Å². The van der Waals surface area contributed by atoms with Gasteiger partial charge in [0, 0.05) is 0 Å². The average Bonchev–Trinajstić information content (AvgIpc) is 3.35. The van der Waals surface area contributed by atoms with Crippen LogP contribution in [0.15, 0.2) is 66.7 Å². The van der Waals surface area contributed by atoms with Gasteiger partial charge in [-0.25, -0.2) is 9.96 Å². The number of rotatable bonds is 3. The molecule has 6 heteroatoms. The Bertz CT molecular complexity index is 1370. The first-order valence-electron chi connectivity index (χ1n) is 13.1. The van der Waals surface area contributed by atoms with Crippen molar-refractivity contribution in [3.8, 4) is 5.75 Å². The molecule has 0 saturated carbocycles. The Labute approximate surface area is 224 Å². The van der Waals surface area contributed by atoms with E-state index in [4.69, 9.17) is 4.84 Å². The number of hydrogen-bond acceptors (Lipinski definition) is 5. The Morgan fingerprint density at radius 1 is 0.789 bits per heavy atom. The van der Waals surface area contributed by atoms with Gasteiger partial charge in [0.2, 0.25) is 5.91 Å². The molecule has 0 aliphatic carbocycles. The highest BCUT2D eigenvalue weighted by Gasteiger charge is 2.60. The van der Waals surface area contributed by atoms with Gasteiger partial charge in [0.25, 0.3) is 5.91 Å². The number of carbonyl (C=O) groups excluding carboxylic acids is 2. The average molecular weight is 513 g/mol. The molecule has 0 radical (unpaired) electrons. The first-order valence-corrected chi connectivity index (χ1v) is 13.1. The van der Waals surface area contributed by atoms with Crippen LogP contribution in [0.5, 0.6) is 5.75 Å². The Balaban J connectivity index is 1.71. The van der Waals surface area contributed by atoms with Gasteiger partial charge in [-0.15, -0.1) is 0 Å². The van der Waals surface area contributed by atoms with Crippen LogP contribution in [-0.2, 0) is 25.3 Å². The zero-order chi connectivity index (χ0) is 27.6. The van der Waals surface area contributed by atoms with Crippen LogP contribution in [-0.4, -0.2) is 23.0 Å². The van der Waals surface area contributed by atoms with Crippen LogP contribution < -0.4 is 9.96 Å². The number of phenolic OH excluding ortho intramolecular Hbond substituents is 1. The molecule has 198 valence electrons. The number of fused-ring (bicyclic) bond motifs is 1. The summed E-state index contributed by atoms with van der Waals surface area (Å²) in [6.07, 6.45) is -0.947. The Morgan fingerprint density at radius 3 is 1.89 bits per heavy atom. The molecule has 2 fully saturated rings. The van der Waals surface area contributed by atoms with E-state index < -0.39 is 18.1 Å². The molecule has 3 atom stereocenters. The van der Waals surface area contributed by atoms with Crippen molar-refractivity contribution in [1.82, 2.24) is 0 Å². The summed E-state index contributed by atoms with van der Waals surface area (Å²) in [5.41, 5.74) is 3.92. The minimum atomic E-state index is -0.947. The SMILES string of the molecule is Cc1ccccc1N1C(=O)[C@@H]2[C@H](ON(c3ccccc3)[C@@H]2c2cc(C(C)(C)C)c(O)c(C(C)(C)C)c2)C1=O. The molecule has 2 aliphatic heterocycles. The van der Waals surface area contributed by atoms with Gasteiger partial charge in [-0.2, -0.15) is 0 Å². The maximum Gasteiger partial charge on any atom is 0.266 e. The van der Waals surface area contributed by atoms with Gasteiger partial charge in [0.05, 0.1) is 17.4 Å². The van der Waals surface area contributed by atoms with Gasteiger partial charge in [0.1, 0.15) is 11.7 Å². The van der Waals surface area contributed by atoms with Gasteiger partial charge in [-0.3, -0.25) is 14.4 Å². The highest BCUT2D eigenvalue weighted by molar-refractivity contribution is 6.24. The van der Waals surface area contributed by atoms with Crippen molar-refractivity contribution >= 4 is 23.2 Å². The van der Waals surface area contributed by atoms with E-state index in [1.54, 1.807) is 11.1 Å². The number of imide groups is 1. The van der Waals surface area contributed by atoms with Crippen LogP contribution in [0, 0.1) is 12.8 Å². The van der Waals surface area contributed by atoms with E-state index in [0.717, 1.165) is 27.9 Å². The molecule has 5 rings (SSSR count). The molecule has 3 aromatic carbocycles. The van der Waals surface area contributed by atoms with Crippen molar-refractivity contribution in [1.29, 1.82) is 0 Å². The van der Waals surface area contributed by atoms with Gasteiger partial charge >= 0.3 is 0 Å². The second-order valence-corrected chi connectivity index (χ2v) is 12.4. The van der Waals surface area contributed by atoms with Crippen molar-refractivity contribution in [2.24, 2.45) is 5.92 Å². The van der Waals surface area contributed by atoms with E-state index in [1.807, 2.05) is 67.6 Å². The molecular formula is C32H36N2O4. The van der Waals surface area contributed by atoms with Crippen molar-refractivity contribution in [2.75, 3.05) is 9.96 Å². The maximum absolute atomic E-state index is 14.1. The monoisotopic (exact) mass is 512 g/mol. The summed E-state index contributed by atoms with van der Waals surface area (Å²) in [6, 6.07) is 20.4. The minimum Gasteiger partial charge on any atom is -0.507 e. The molecule has 0 unspecified atom stereocenters. The number of amides is 2.